The van der Waals surface area contributed by atoms with Crippen LogP contribution in [0.2, 0.25) is 5.02 Å². The number of carbonyl (C=O) groups excluding carboxylic acids is 2. The summed E-state index contributed by atoms with van der Waals surface area (Å²) in [6, 6.07) is 14.4. The maximum Gasteiger partial charge on any atom is 0.321 e. The van der Waals surface area contributed by atoms with E-state index in [9.17, 15) is 9.59 Å². The standard InChI is InChI=1S/C20H19ClN4O3S/c21-14-6-7-17-16(12-14)23-20(28-17)29-13-18(26)24-8-10-25(11-9-24)19(27)22-15-4-2-1-3-5-15/h1-7,12H,8-11,13H2,(H,22,27). The first-order valence-corrected chi connectivity index (χ1v) is 10.5. The molecule has 0 spiro atoms. The van der Waals surface area contributed by atoms with Crippen molar-refractivity contribution in [2.45, 2.75) is 5.22 Å². The van der Waals surface area contributed by atoms with Gasteiger partial charge in [-0.05, 0) is 30.3 Å². The maximum absolute atomic E-state index is 12.5. The molecule has 0 saturated carbocycles. The Bertz CT molecular complexity index is 1020. The highest BCUT2D eigenvalue weighted by atomic mass is 35.5. The van der Waals surface area contributed by atoms with Gasteiger partial charge in [-0.15, -0.1) is 0 Å². The Morgan fingerprint density at radius 2 is 1.79 bits per heavy atom. The highest BCUT2D eigenvalue weighted by Crippen LogP contribution is 2.25. The number of hydrogen-bond acceptors (Lipinski definition) is 5. The minimum Gasteiger partial charge on any atom is -0.431 e. The smallest absolute Gasteiger partial charge is 0.321 e. The number of benzene rings is 2. The topological polar surface area (TPSA) is 78.7 Å². The van der Waals surface area contributed by atoms with E-state index in [1.807, 2.05) is 30.3 Å². The third kappa shape index (κ3) is 4.83. The fourth-order valence-electron chi connectivity index (χ4n) is 3.04. The number of anilines is 1. The normalized spacial score (nSPS) is 14.2. The van der Waals surface area contributed by atoms with Crippen LogP contribution >= 0.6 is 23.4 Å². The molecule has 1 fully saturated rings. The first-order valence-electron chi connectivity index (χ1n) is 9.16. The average Bonchev–Trinajstić information content (AvgIpc) is 3.15. The first kappa shape index (κ1) is 19.6. The summed E-state index contributed by atoms with van der Waals surface area (Å²) in [5, 5.41) is 3.90. The number of oxazole rings is 1. The minimum absolute atomic E-state index is 0.00148. The molecule has 7 nitrogen and oxygen atoms in total. The number of urea groups is 1. The molecular weight excluding hydrogens is 412 g/mol. The summed E-state index contributed by atoms with van der Waals surface area (Å²) in [5.74, 6) is 0.231. The van der Waals surface area contributed by atoms with Crippen LogP contribution in [0.25, 0.3) is 11.1 Å². The highest BCUT2D eigenvalue weighted by molar-refractivity contribution is 7.99. The SMILES string of the molecule is O=C(CSc1nc2cc(Cl)ccc2o1)N1CCN(C(=O)Nc2ccccc2)CC1. The lowest BCUT2D eigenvalue weighted by molar-refractivity contribution is -0.129. The number of halogens is 1. The molecule has 4 rings (SSSR count). The summed E-state index contributed by atoms with van der Waals surface area (Å²) >= 11 is 7.21. The van der Waals surface area contributed by atoms with Crippen LogP contribution in [0.15, 0.2) is 58.2 Å². The number of aromatic nitrogens is 1. The maximum atomic E-state index is 12.5. The summed E-state index contributed by atoms with van der Waals surface area (Å²) in [6.45, 7) is 2.00. The predicted molar refractivity (Wildman–Crippen MR) is 113 cm³/mol. The van der Waals surface area contributed by atoms with E-state index in [-0.39, 0.29) is 17.7 Å². The number of hydrogen-bond donors (Lipinski definition) is 1. The van der Waals surface area contributed by atoms with Crippen LogP contribution < -0.4 is 5.32 Å². The quantitative estimate of drug-likeness (QED) is 0.634. The summed E-state index contributed by atoms with van der Waals surface area (Å²) in [4.78, 5) is 32.7. The third-order valence-electron chi connectivity index (χ3n) is 4.59. The van der Waals surface area contributed by atoms with Crippen LogP contribution in [-0.2, 0) is 4.79 Å². The number of amides is 3. The van der Waals surface area contributed by atoms with Gasteiger partial charge >= 0.3 is 6.03 Å². The van der Waals surface area contributed by atoms with Gasteiger partial charge in [-0.3, -0.25) is 4.79 Å². The second-order valence-electron chi connectivity index (χ2n) is 6.54. The Morgan fingerprint density at radius 1 is 1.07 bits per heavy atom. The average molecular weight is 431 g/mol. The molecule has 0 radical (unpaired) electrons. The molecule has 3 amide bonds. The first-order chi connectivity index (χ1) is 14.1. The van der Waals surface area contributed by atoms with Gasteiger partial charge in [-0.2, -0.15) is 0 Å². The lowest BCUT2D eigenvalue weighted by Gasteiger charge is -2.34. The summed E-state index contributed by atoms with van der Waals surface area (Å²) < 4.78 is 5.63. The summed E-state index contributed by atoms with van der Waals surface area (Å²) in [5.41, 5.74) is 2.07. The van der Waals surface area contributed by atoms with Gasteiger partial charge in [0.05, 0.1) is 5.75 Å². The Hall–Kier alpha value is -2.71. The number of nitrogens with one attached hydrogen (secondary N) is 1. The van der Waals surface area contributed by atoms with Gasteiger partial charge in [-0.1, -0.05) is 41.6 Å². The molecule has 1 aliphatic heterocycles. The van der Waals surface area contributed by atoms with Gasteiger partial charge < -0.3 is 19.5 Å². The number of rotatable bonds is 4. The van der Waals surface area contributed by atoms with Crippen LogP contribution in [0.3, 0.4) is 0 Å². The number of thioether (sulfide) groups is 1. The van der Waals surface area contributed by atoms with Crippen molar-refractivity contribution in [2.24, 2.45) is 0 Å². The monoisotopic (exact) mass is 430 g/mol. The Balaban J connectivity index is 1.25. The van der Waals surface area contributed by atoms with E-state index in [0.29, 0.717) is 47.5 Å². The van der Waals surface area contributed by atoms with E-state index in [1.54, 1.807) is 28.0 Å². The number of nitrogens with zero attached hydrogens (tertiary/aromatic N) is 3. The van der Waals surface area contributed by atoms with Gasteiger partial charge in [0.15, 0.2) is 5.58 Å². The highest BCUT2D eigenvalue weighted by Gasteiger charge is 2.24. The molecule has 0 atom stereocenters. The molecule has 9 heteroatoms. The molecule has 2 aromatic carbocycles. The van der Waals surface area contributed by atoms with Gasteiger partial charge in [0.25, 0.3) is 5.22 Å². The fraction of sp³-hybridized carbons (Fsp3) is 0.250. The lowest BCUT2D eigenvalue weighted by atomic mass is 10.3. The van der Waals surface area contributed by atoms with Crippen molar-refractivity contribution < 1.29 is 14.0 Å². The number of carbonyl (C=O) groups is 2. The molecule has 29 heavy (non-hydrogen) atoms. The fourth-order valence-corrected chi connectivity index (χ4v) is 3.95. The van der Waals surface area contributed by atoms with Crippen molar-refractivity contribution in [3.05, 3.63) is 53.6 Å². The molecule has 1 saturated heterocycles. The number of piperazine rings is 1. The zero-order chi connectivity index (χ0) is 20.2. The van der Waals surface area contributed by atoms with Crippen LogP contribution in [0.5, 0.6) is 0 Å². The van der Waals surface area contributed by atoms with E-state index < -0.39 is 0 Å². The zero-order valence-corrected chi connectivity index (χ0v) is 17.1. The molecule has 1 aromatic heterocycles. The van der Waals surface area contributed by atoms with E-state index >= 15 is 0 Å². The van der Waals surface area contributed by atoms with E-state index in [4.69, 9.17) is 16.0 Å². The van der Waals surface area contributed by atoms with Crippen molar-refractivity contribution in [3.8, 4) is 0 Å². The lowest BCUT2D eigenvalue weighted by Crippen LogP contribution is -2.52. The van der Waals surface area contributed by atoms with E-state index in [2.05, 4.69) is 10.3 Å². The summed E-state index contributed by atoms with van der Waals surface area (Å²) in [7, 11) is 0. The van der Waals surface area contributed by atoms with Gasteiger partial charge in [0, 0.05) is 36.9 Å². The van der Waals surface area contributed by atoms with Crippen LogP contribution in [-0.4, -0.2) is 58.7 Å². The largest absolute Gasteiger partial charge is 0.431 e. The number of para-hydroxylation sites is 1. The van der Waals surface area contributed by atoms with Gasteiger partial charge in [-0.25, -0.2) is 9.78 Å². The molecule has 3 aromatic rings. The number of fused-ring (bicyclic) bond motifs is 1. The van der Waals surface area contributed by atoms with Crippen LogP contribution in [0.1, 0.15) is 0 Å². The van der Waals surface area contributed by atoms with Crippen molar-refractivity contribution >= 4 is 52.1 Å². The van der Waals surface area contributed by atoms with Gasteiger partial charge in [0.1, 0.15) is 5.52 Å². The second-order valence-corrected chi connectivity index (χ2v) is 7.91. The van der Waals surface area contributed by atoms with Gasteiger partial charge in [0.2, 0.25) is 5.91 Å². The molecule has 0 aliphatic carbocycles. The van der Waals surface area contributed by atoms with Crippen molar-refractivity contribution in [2.75, 3.05) is 37.2 Å². The van der Waals surface area contributed by atoms with Crippen molar-refractivity contribution in [1.82, 2.24) is 14.8 Å². The van der Waals surface area contributed by atoms with E-state index in [0.717, 1.165) is 5.69 Å². The molecule has 2 heterocycles. The molecular formula is C20H19ClN4O3S. The predicted octanol–water partition coefficient (Wildman–Crippen LogP) is 3.95. The molecule has 1 N–H and O–H groups in total. The Labute approximate surface area is 177 Å². The second kappa shape index (κ2) is 8.75. The Kier molecular flexibility index (Phi) is 5.92. The molecule has 1 aliphatic rings. The van der Waals surface area contributed by atoms with Crippen molar-refractivity contribution in [1.29, 1.82) is 0 Å². The summed E-state index contributed by atoms with van der Waals surface area (Å²) in [6.07, 6.45) is 0. The molecule has 150 valence electrons. The van der Waals surface area contributed by atoms with Crippen LogP contribution in [0.4, 0.5) is 10.5 Å². The Morgan fingerprint density at radius 3 is 2.55 bits per heavy atom. The molecule has 0 bridgehead atoms. The van der Waals surface area contributed by atoms with E-state index in [1.165, 1.54) is 11.8 Å². The zero-order valence-electron chi connectivity index (χ0n) is 15.5. The van der Waals surface area contributed by atoms with Crippen molar-refractivity contribution in [3.63, 3.8) is 0 Å². The van der Waals surface area contributed by atoms with Crippen LogP contribution in [0, 0.1) is 0 Å². The molecule has 0 unspecified atom stereocenters. The minimum atomic E-state index is -0.150. The third-order valence-corrected chi connectivity index (χ3v) is 5.64.